The maximum Gasteiger partial charge on any atom is 0.226 e. The van der Waals surface area contributed by atoms with Gasteiger partial charge < -0.3 is 14.7 Å². The van der Waals surface area contributed by atoms with E-state index >= 15 is 0 Å². The molecule has 1 saturated heterocycles. The highest BCUT2D eigenvalue weighted by Crippen LogP contribution is 2.33. The summed E-state index contributed by atoms with van der Waals surface area (Å²) in [6, 6.07) is -0.0775. The van der Waals surface area contributed by atoms with E-state index in [-0.39, 0.29) is 36.1 Å². The predicted octanol–water partition coefficient (Wildman–Crippen LogP) is 2.23. The van der Waals surface area contributed by atoms with Crippen molar-refractivity contribution in [1.29, 1.82) is 0 Å². The van der Waals surface area contributed by atoms with Gasteiger partial charge in [0.1, 0.15) is 0 Å². The molecule has 7 heteroatoms. The van der Waals surface area contributed by atoms with Gasteiger partial charge in [-0.1, -0.05) is 13.8 Å². The average molecular weight is 415 g/mol. The van der Waals surface area contributed by atoms with Gasteiger partial charge in [-0.2, -0.15) is 0 Å². The lowest BCUT2D eigenvalue weighted by Crippen LogP contribution is -2.60. The first kappa shape index (κ1) is 22.2. The molecule has 6 nitrogen and oxygen atoms in total. The number of likely N-dealkylation sites (tertiary alicyclic amines) is 1. The number of hydrogen-bond donors (Lipinski definition) is 2. The zero-order chi connectivity index (χ0) is 20.3. The largest absolute Gasteiger partial charge is 0.393 e. The number of carbonyl (C=O) groups excluding carboxylic acids is 1. The predicted molar refractivity (Wildman–Crippen MR) is 111 cm³/mol. The summed E-state index contributed by atoms with van der Waals surface area (Å²) in [4.78, 5) is 14.9. The molecule has 0 radical (unpaired) electrons. The topological polar surface area (TPSA) is 78.9 Å². The monoisotopic (exact) mass is 414 g/mol. The van der Waals surface area contributed by atoms with Crippen LogP contribution in [0.3, 0.4) is 0 Å². The second kappa shape index (κ2) is 10.0. The van der Waals surface area contributed by atoms with Crippen molar-refractivity contribution in [2.24, 2.45) is 17.8 Å². The summed E-state index contributed by atoms with van der Waals surface area (Å²) in [5.41, 5.74) is 0. The van der Waals surface area contributed by atoms with Gasteiger partial charge in [0.15, 0.2) is 0 Å². The Bertz CT molecular complexity index is 545. The van der Waals surface area contributed by atoms with Gasteiger partial charge in [0.25, 0.3) is 0 Å². The van der Waals surface area contributed by atoms with Gasteiger partial charge in [0.2, 0.25) is 5.91 Å². The number of hydrogen-bond acceptors (Lipinski definition) is 4. The van der Waals surface area contributed by atoms with Gasteiger partial charge in [-0.05, 0) is 63.2 Å². The van der Waals surface area contributed by atoms with Gasteiger partial charge >= 0.3 is 0 Å². The number of aliphatic hydroxyl groups is 1. The standard InChI is InChI=1S/C21H38N2O4S/c1-14(2)15-6-8-18(9-7-15)27-13-20-19(22-28(3)26)5-4-10-23(20)21(25)16-11-17(24)12-16/h14-20,22,24H,4-13H2,1-3H3. The summed E-state index contributed by atoms with van der Waals surface area (Å²) >= 11 is 0. The summed E-state index contributed by atoms with van der Waals surface area (Å²) in [6.07, 6.45) is 9.16. The number of piperidine rings is 1. The molecule has 1 heterocycles. The number of nitrogens with zero attached hydrogens (tertiary/aromatic N) is 1. The Morgan fingerprint density at radius 2 is 1.89 bits per heavy atom. The maximum atomic E-state index is 13.0. The van der Waals surface area contributed by atoms with Crippen molar-refractivity contribution in [3.05, 3.63) is 0 Å². The average Bonchev–Trinajstić information content (AvgIpc) is 2.63. The molecule has 3 fully saturated rings. The number of rotatable bonds is 7. The minimum atomic E-state index is -1.12. The van der Waals surface area contributed by atoms with Crippen LogP contribution in [0, 0.1) is 17.8 Å². The zero-order valence-electron chi connectivity index (χ0n) is 17.6. The van der Waals surface area contributed by atoms with Crippen LogP contribution in [0.4, 0.5) is 0 Å². The fourth-order valence-electron chi connectivity index (χ4n) is 5.07. The first-order chi connectivity index (χ1) is 13.3. The van der Waals surface area contributed by atoms with Crippen LogP contribution in [0.15, 0.2) is 0 Å². The molecule has 0 aromatic rings. The normalized spacial score (nSPS) is 37.5. The first-order valence-electron chi connectivity index (χ1n) is 11.0. The highest BCUT2D eigenvalue weighted by molar-refractivity contribution is 7.82. The number of amides is 1. The Kier molecular flexibility index (Phi) is 7.93. The fourth-order valence-corrected chi connectivity index (χ4v) is 5.77. The molecule has 3 unspecified atom stereocenters. The molecular formula is C21H38N2O4S. The Labute approximate surface area is 172 Å². The molecule has 3 aliphatic rings. The molecule has 2 aliphatic carbocycles. The minimum Gasteiger partial charge on any atom is -0.393 e. The Hall–Kier alpha value is -0.500. The number of ether oxygens (including phenoxy) is 1. The van der Waals surface area contributed by atoms with E-state index < -0.39 is 11.0 Å². The summed E-state index contributed by atoms with van der Waals surface area (Å²) in [5, 5.41) is 9.59. The molecule has 2 saturated carbocycles. The van der Waals surface area contributed by atoms with Crippen LogP contribution in [0.5, 0.6) is 0 Å². The molecule has 3 rings (SSSR count). The highest BCUT2D eigenvalue weighted by Gasteiger charge is 2.42. The lowest BCUT2D eigenvalue weighted by molar-refractivity contribution is -0.149. The van der Waals surface area contributed by atoms with E-state index in [9.17, 15) is 14.1 Å². The molecule has 0 bridgehead atoms. The van der Waals surface area contributed by atoms with Crippen LogP contribution in [-0.2, 0) is 20.5 Å². The second-order valence-corrected chi connectivity index (χ2v) is 10.5. The van der Waals surface area contributed by atoms with Gasteiger partial charge in [-0.15, -0.1) is 0 Å². The highest BCUT2D eigenvalue weighted by atomic mass is 32.2. The Balaban J connectivity index is 1.60. The fraction of sp³-hybridized carbons (Fsp3) is 0.952. The molecule has 0 spiro atoms. The van der Waals surface area contributed by atoms with Crippen LogP contribution in [0.2, 0.25) is 0 Å². The van der Waals surface area contributed by atoms with Crippen molar-refractivity contribution in [2.75, 3.05) is 19.4 Å². The van der Waals surface area contributed by atoms with Gasteiger partial charge in [-0.3, -0.25) is 4.79 Å². The summed E-state index contributed by atoms with van der Waals surface area (Å²) in [6.45, 7) is 5.84. The second-order valence-electron chi connectivity index (χ2n) is 9.36. The molecule has 1 aliphatic heterocycles. The van der Waals surface area contributed by atoms with E-state index in [1.807, 2.05) is 4.90 Å². The van der Waals surface area contributed by atoms with Crippen molar-refractivity contribution >= 4 is 16.9 Å². The molecule has 162 valence electrons. The quantitative estimate of drug-likeness (QED) is 0.670. The Morgan fingerprint density at radius 1 is 1.21 bits per heavy atom. The number of carbonyl (C=O) groups is 1. The number of aliphatic hydroxyl groups excluding tert-OH is 1. The van der Waals surface area contributed by atoms with Crippen LogP contribution in [0.1, 0.15) is 65.2 Å². The zero-order valence-corrected chi connectivity index (χ0v) is 18.5. The first-order valence-corrected chi connectivity index (χ1v) is 12.6. The van der Waals surface area contributed by atoms with E-state index in [1.165, 1.54) is 12.8 Å². The van der Waals surface area contributed by atoms with E-state index in [4.69, 9.17) is 4.74 Å². The van der Waals surface area contributed by atoms with Crippen molar-refractivity contribution in [3.8, 4) is 0 Å². The molecule has 0 aromatic carbocycles. The molecule has 0 aromatic heterocycles. The maximum absolute atomic E-state index is 13.0. The Morgan fingerprint density at radius 3 is 2.46 bits per heavy atom. The van der Waals surface area contributed by atoms with Gasteiger partial charge in [0.05, 0.1) is 35.8 Å². The van der Waals surface area contributed by atoms with Crippen LogP contribution in [-0.4, -0.2) is 63.8 Å². The molecule has 2 N–H and O–H groups in total. The van der Waals surface area contributed by atoms with E-state index in [1.54, 1.807) is 6.26 Å². The van der Waals surface area contributed by atoms with E-state index in [0.29, 0.717) is 19.4 Å². The summed E-state index contributed by atoms with van der Waals surface area (Å²) in [5.74, 6) is 1.61. The molecule has 3 atom stereocenters. The lowest BCUT2D eigenvalue weighted by Gasteiger charge is -2.45. The third-order valence-corrected chi connectivity index (χ3v) is 7.64. The van der Waals surface area contributed by atoms with Crippen molar-refractivity contribution in [2.45, 2.75) is 89.5 Å². The summed E-state index contributed by atoms with van der Waals surface area (Å²) in [7, 11) is -1.12. The smallest absolute Gasteiger partial charge is 0.226 e. The van der Waals surface area contributed by atoms with Crippen molar-refractivity contribution < 1.29 is 18.8 Å². The third kappa shape index (κ3) is 5.55. The molecular weight excluding hydrogens is 376 g/mol. The van der Waals surface area contributed by atoms with E-state index in [0.717, 1.165) is 44.1 Å². The molecule has 28 heavy (non-hydrogen) atoms. The summed E-state index contributed by atoms with van der Waals surface area (Å²) < 4.78 is 21.3. The van der Waals surface area contributed by atoms with Gasteiger partial charge in [-0.25, -0.2) is 8.93 Å². The van der Waals surface area contributed by atoms with Crippen LogP contribution in [0.25, 0.3) is 0 Å². The van der Waals surface area contributed by atoms with Gasteiger partial charge in [0, 0.05) is 24.8 Å². The van der Waals surface area contributed by atoms with E-state index in [2.05, 4.69) is 18.6 Å². The third-order valence-electron chi connectivity index (χ3n) is 7.01. The van der Waals surface area contributed by atoms with Crippen molar-refractivity contribution in [1.82, 2.24) is 9.62 Å². The SMILES string of the molecule is CC(C)C1CCC(OCC2C(NS(C)=O)CCCN2C(=O)C2CC(O)C2)CC1. The number of nitrogens with one attached hydrogen (secondary N) is 1. The van der Waals surface area contributed by atoms with Crippen LogP contribution >= 0.6 is 0 Å². The van der Waals surface area contributed by atoms with Crippen molar-refractivity contribution in [3.63, 3.8) is 0 Å². The minimum absolute atomic E-state index is 0.000497. The molecule has 1 amide bonds. The lowest BCUT2D eigenvalue weighted by atomic mass is 9.80. The van der Waals surface area contributed by atoms with Crippen LogP contribution < -0.4 is 4.72 Å².